The van der Waals surface area contributed by atoms with E-state index in [2.05, 4.69) is 47.9 Å². The van der Waals surface area contributed by atoms with Crippen LogP contribution >= 0.6 is 11.8 Å². The van der Waals surface area contributed by atoms with Crippen LogP contribution in [-0.4, -0.2) is 35.4 Å². The van der Waals surface area contributed by atoms with Crippen molar-refractivity contribution < 1.29 is 9.59 Å². The molecule has 0 aromatic heterocycles. The first-order valence-electron chi connectivity index (χ1n) is 15.5. The number of unbranched alkanes of at least 4 members (excludes halogenated alkanes) is 2. The van der Waals surface area contributed by atoms with Gasteiger partial charge in [0.25, 0.3) is 0 Å². The number of rotatable bonds is 11. The molecule has 5 nitrogen and oxygen atoms in total. The van der Waals surface area contributed by atoms with Gasteiger partial charge >= 0.3 is 0 Å². The lowest BCUT2D eigenvalue weighted by atomic mass is 9.87. The van der Waals surface area contributed by atoms with Gasteiger partial charge in [-0.05, 0) is 37.1 Å². The van der Waals surface area contributed by atoms with Crippen molar-refractivity contribution in [2.75, 3.05) is 22.9 Å². The lowest BCUT2D eigenvalue weighted by molar-refractivity contribution is 0.0997. The molecule has 0 radical (unpaired) electrons. The third-order valence-electron chi connectivity index (χ3n) is 8.28. The predicted molar refractivity (Wildman–Crippen MR) is 183 cm³/mol. The maximum absolute atomic E-state index is 15.0. The molecule has 0 atom stereocenters. The highest BCUT2D eigenvalue weighted by atomic mass is 32.2. The molecule has 1 spiro atoms. The molecule has 44 heavy (non-hydrogen) atoms. The van der Waals surface area contributed by atoms with E-state index in [4.69, 9.17) is 4.99 Å². The van der Waals surface area contributed by atoms with Gasteiger partial charge in [0, 0.05) is 24.2 Å². The van der Waals surface area contributed by atoms with Crippen LogP contribution in [0.3, 0.4) is 0 Å². The van der Waals surface area contributed by atoms with Crippen molar-refractivity contribution in [3.63, 3.8) is 0 Å². The van der Waals surface area contributed by atoms with Crippen molar-refractivity contribution >= 4 is 45.4 Å². The lowest BCUT2D eigenvalue weighted by Gasteiger charge is -2.44. The van der Waals surface area contributed by atoms with Crippen molar-refractivity contribution in [2.24, 2.45) is 4.99 Å². The van der Waals surface area contributed by atoms with Crippen molar-refractivity contribution in [3.05, 3.63) is 137 Å². The van der Waals surface area contributed by atoms with Gasteiger partial charge in [-0.25, -0.2) is 4.99 Å². The van der Waals surface area contributed by atoms with E-state index < -0.39 is 5.66 Å². The molecule has 0 saturated carbocycles. The molecule has 0 amide bonds. The monoisotopic (exact) mass is 599 g/mol. The topological polar surface area (TPSA) is 53.0 Å². The van der Waals surface area contributed by atoms with Crippen LogP contribution in [0.5, 0.6) is 0 Å². The number of benzene rings is 4. The molecule has 6 heteroatoms. The van der Waals surface area contributed by atoms with Crippen LogP contribution in [0.15, 0.2) is 131 Å². The Kier molecular flexibility index (Phi) is 8.80. The number of carbonyl (C=O) groups is 2. The molecule has 0 N–H and O–H groups in total. The molecule has 0 fully saturated rings. The van der Waals surface area contributed by atoms with Gasteiger partial charge in [0.2, 0.25) is 0 Å². The zero-order valence-corrected chi connectivity index (χ0v) is 26.1. The van der Waals surface area contributed by atoms with Gasteiger partial charge in [0.15, 0.2) is 17.2 Å². The Balaban J connectivity index is 1.70. The number of ketones is 2. The van der Waals surface area contributed by atoms with Crippen molar-refractivity contribution in [1.29, 1.82) is 0 Å². The van der Waals surface area contributed by atoms with Gasteiger partial charge in [-0.15, -0.1) is 0 Å². The molecule has 0 unspecified atom stereocenters. The van der Waals surface area contributed by atoms with E-state index in [9.17, 15) is 4.79 Å². The van der Waals surface area contributed by atoms with Crippen molar-refractivity contribution in [2.45, 2.75) is 45.2 Å². The summed E-state index contributed by atoms with van der Waals surface area (Å²) in [4.78, 5) is 40.0. The maximum Gasteiger partial charge on any atom is 0.200 e. The van der Waals surface area contributed by atoms with E-state index >= 15 is 4.79 Å². The molecule has 0 saturated heterocycles. The third kappa shape index (κ3) is 5.17. The van der Waals surface area contributed by atoms with Gasteiger partial charge in [-0.1, -0.05) is 129 Å². The summed E-state index contributed by atoms with van der Waals surface area (Å²) in [6.45, 7) is 5.79. The van der Waals surface area contributed by atoms with Gasteiger partial charge < -0.3 is 9.80 Å². The molecule has 0 bridgehead atoms. The zero-order valence-electron chi connectivity index (χ0n) is 25.3. The summed E-state index contributed by atoms with van der Waals surface area (Å²) >= 11 is 1.36. The van der Waals surface area contributed by atoms with E-state index in [1.54, 1.807) is 0 Å². The summed E-state index contributed by atoms with van der Waals surface area (Å²) in [7, 11) is 0. The van der Waals surface area contributed by atoms with Crippen LogP contribution in [-0.2, 0) is 0 Å². The second kappa shape index (κ2) is 13.1. The molecule has 2 aliphatic heterocycles. The van der Waals surface area contributed by atoms with Crippen LogP contribution in [0, 0.1) is 0 Å². The van der Waals surface area contributed by atoms with Crippen LogP contribution in [0.2, 0.25) is 0 Å². The SMILES string of the molecule is CCCCN1c2ccccc2N(CCCC)C12C(=Nc1ccccc1)SC(C(=O)c1ccccc1)=C2C(=O)c1ccccc1. The summed E-state index contributed by atoms with van der Waals surface area (Å²) in [5.74, 6) is -0.305. The number of Topliss-reactive ketones (excluding diaryl/α,β-unsaturated/α-hetero) is 2. The summed E-state index contributed by atoms with van der Waals surface area (Å²) in [6, 6.07) is 36.9. The van der Waals surface area contributed by atoms with Gasteiger partial charge in [-0.2, -0.15) is 0 Å². The van der Waals surface area contributed by atoms with Crippen molar-refractivity contribution in [3.8, 4) is 0 Å². The molecule has 4 aromatic rings. The first kappa shape index (κ1) is 29.6. The normalized spacial score (nSPS) is 16.2. The molecule has 2 heterocycles. The van der Waals surface area contributed by atoms with Crippen LogP contribution in [0.25, 0.3) is 0 Å². The number of fused-ring (bicyclic) bond motifs is 1. The second-order valence-electron chi connectivity index (χ2n) is 11.1. The van der Waals surface area contributed by atoms with E-state index in [1.165, 1.54) is 11.8 Å². The van der Waals surface area contributed by atoms with Gasteiger partial charge in [0.1, 0.15) is 5.04 Å². The quantitative estimate of drug-likeness (QED) is 0.161. The Bertz CT molecular complexity index is 1670. The smallest absolute Gasteiger partial charge is 0.200 e. The van der Waals surface area contributed by atoms with Gasteiger partial charge in [0.05, 0.1) is 27.5 Å². The minimum Gasteiger partial charge on any atom is -0.337 e. The predicted octanol–water partition coefficient (Wildman–Crippen LogP) is 9.11. The Labute approximate surface area is 264 Å². The number of allylic oxidation sites excluding steroid dienone is 1. The molecule has 2 aliphatic rings. The molecule has 0 aliphatic carbocycles. The van der Waals surface area contributed by atoms with E-state index in [1.807, 2.05) is 91.0 Å². The number of nitrogens with zero attached hydrogens (tertiary/aromatic N) is 3. The number of para-hydroxylation sites is 3. The summed E-state index contributed by atoms with van der Waals surface area (Å²) in [5, 5.41) is 0.727. The molecule has 4 aromatic carbocycles. The molecule has 222 valence electrons. The maximum atomic E-state index is 15.0. The second-order valence-corrected chi connectivity index (χ2v) is 12.1. The Morgan fingerprint density at radius 3 is 1.59 bits per heavy atom. The summed E-state index contributed by atoms with van der Waals surface area (Å²) in [5.41, 5.74) is 3.43. The van der Waals surface area contributed by atoms with Crippen molar-refractivity contribution in [1.82, 2.24) is 0 Å². The Morgan fingerprint density at radius 1 is 0.636 bits per heavy atom. The number of thioether (sulfide) groups is 1. The Hall–Kier alpha value is -4.42. The minimum atomic E-state index is -1.08. The Morgan fingerprint density at radius 2 is 1.09 bits per heavy atom. The highest BCUT2D eigenvalue weighted by Crippen LogP contribution is 2.57. The van der Waals surface area contributed by atoms with Gasteiger partial charge in [-0.3, -0.25) is 9.59 Å². The van der Waals surface area contributed by atoms with Crippen LogP contribution in [0.1, 0.15) is 60.2 Å². The number of carbonyl (C=O) groups excluding carboxylic acids is 2. The standard InChI is InChI=1S/C38H37N3O2S/c1-3-5-26-40-31-24-16-17-25-32(31)41(27-6-4-2)38(40)33(34(42)28-18-10-7-11-19-28)36(35(43)29-20-12-8-13-21-29)44-37(38)39-30-22-14-9-15-23-30/h7-25H,3-6,26-27H2,1-2H3. The summed E-state index contributed by atoms with van der Waals surface area (Å²) in [6.07, 6.45) is 3.83. The zero-order chi connectivity index (χ0) is 30.5. The largest absolute Gasteiger partial charge is 0.337 e. The average molecular weight is 600 g/mol. The van der Waals surface area contributed by atoms with Crippen LogP contribution in [0.4, 0.5) is 17.1 Å². The van der Waals surface area contributed by atoms with E-state index in [0.29, 0.717) is 34.7 Å². The first-order chi connectivity index (χ1) is 21.6. The highest BCUT2D eigenvalue weighted by Gasteiger charge is 2.62. The molecular weight excluding hydrogens is 563 g/mol. The fourth-order valence-corrected chi connectivity index (χ4v) is 7.55. The minimum absolute atomic E-state index is 0.147. The first-order valence-corrected chi connectivity index (χ1v) is 16.3. The number of anilines is 2. The number of aliphatic imine (C=N–C) groups is 1. The molecular formula is C38H37N3O2S. The summed E-state index contributed by atoms with van der Waals surface area (Å²) < 4.78 is 0. The average Bonchev–Trinajstić information content (AvgIpc) is 3.55. The third-order valence-corrected chi connectivity index (χ3v) is 9.44. The lowest BCUT2D eigenvalue weighted by Crippen LogP contribution is -2.63. The fraction of sp³-hybridized carbons (Fsp3) is 0.237. The number of hydrogen-bond donors (Lipinski definition) is 0. The number of hydrogen-bond acceptors (Lipinski definition) is 6. The van der Waals surface area contributed by atoms with E-state index in [-0.39, 0.29) is 11.6 Å². The van der Waals surface area contributed by atoms with Crippen LogP contribution < -0.4 is 9.80 Å². The van der Waals surface area contributed by atoms with E-state index in [0.717, 1.165) is 47.8 Å². The fourth-order valence-electron chi connectivity index (χ4n) is 6.19. The highest BCUT2D eigenvalue weighted by molar-refractivity contribution is 8.18. The molecule has 6 rings (SSSR count).